The van der Waals surface area contributed by atoms with Gasteiger partial charge in [-0.15, -0.1) is 0 Å². The van der Waals surface area contributed by atoms with Gasteiger partial charge in [0.1, 0.15) is 5.78 Å². The lowest BCUT2D eigenvalue weighted by molar-refractivity contribution is -0.129. The van der Waals surface area contributed by atoms with E-state index in [1.54, 1.807) is 16.4 Å². The van der Waals surface area contributed by atoms with Gasteiger partial charge < -0.3 is 0 Å². The summed E-state index contributed by atoms with van der Waals surface area (Å²) in [7, 11) is -3.51. The monoisotopic (exact) mass is 321 g/mol. The first-order chi connectivity index (χ1) is 10.4. The van der Waals surface area contributed by atoms with Crippen molar-refractivity contribution in [2.24, 2.45) is 11.8 Å². The molecular formula is C17H23NO3S. The minimum absolute atomic E-state index is 0.106. The molecule has 1 aromatic carbocycles. The number of hydrogen-bond donors (Lipinski definition) is 0. The summed E-state index contributed by atoms with van der Waals surface area (Å²) < 4.78 is 27.6. The molecule has 1 saturated carbocycles. The fourth-order valence-electron chi connectivity index (χ4n) is 3.82. The molecule has 1 saturated heterocycles. The van der Waals surface area contributed by atoms with E-state index < -0.39 is 10.0 Å². The number of benzene rings is 1. The van der Waals surface area contributed by atoms with Crippen LogP contribution >= 0.6 is 0 Å². The summed E-state index contributed by atoms with van der Waals surface area (Å²) in [6, 6.07) is 6.83. The second kappa shape index (κ2) is 5.78. The second-order valence-corrected chi connectivity index (χ2v) is 8.65. The summed E-state index contributed by atoms with van der Waals surface area (Å²) in [4.78, 5) is 12.6. The predicted molar refractivity (Wildman–Crippen MR) is 85.0 cm³/mol. The van der Waals surface area contributed by atoms with Crippen molar-refractivity contribution >= 4 is 15.8 Å². The molecular weight excluding hydrogens is 298 g/mol. The number of nitrogens with zero attached hydrogens (tertiary/aromatic N) is 1. The number of piperidine rings is 1. The third-order valence-electron chi connectivity index (χ3n) is 4.96. The standard InChI is InChI=1S/C17H23NO3S/c1-12-5-7-14(8-6-12)22(20,21)18-9-3-4-15-16(18)10-13(2)11-17(15)19/h5-8,13,15-16H,3-4,9-11H2,1-2H3/t13-,15-,16-/m0/s1. The molecule has 0 aromatic heterocycles. The van der Waals surface area contributed by atoms with Gasteiger partial charge in [0.05, 0.1) is 4.90 Å². The molecule has 5 heteroatoms. The highest BCUT2D eigenvalue weighted by Crippen LogP contribution is 2.38. The van der Waals surface area contributed by atoms with Gasteiger partial charge in [-0.25, -0.2) is 8.42 Å². The number of carbonyl (C=O) groups excluding carboxylic acids is 1. The molecule has 1 aliphatic heterocycles. The van der Waals surface area contributed by atoms with Crippen molar-refractivity contribution < 1.29 is 13.2 Å². The van der Waals surface area contributed by atoms with Crippen LogP contribution in [0.1, 0.15) is 38.2 Å². The number of Topliss-reactive ketones (excluding diaryl/α,β-unsaturated/α-hetero) is 1. The summed E-state index contributed by atoms with van der Waals surface area (Å²) in [5.74, 6) is 0.403. The van der Waals surface area contributed by atoms with Crippen LogP contribution < -0.4 is 0 Å². The number of hydrogen-bond acceptors (Lipinski definition) is 3. The first-order valence-corrected chi connectivity index (χ1v) is 9.45. The van der Waals surface area contributed by atoms with Crippen molar-refractivity contribution in [2.45, 2.75) is 50.5 Å². The fraction of sp³-hybridized carbons (Fsp3) is 0.588. The van der Waals surface area contributed by atoms with Gasteiger partial charge in [0, 0.05) is 24.9 Å². The Morgan fingerprint density at radius 3 is 2.55 bits per heavy atom. The van der Waals surface area contributed by atoms with E-state index in [4.69, 9.17) is 0 Å². The Hall–Kier alpha value is -1.20. The first-order valence-electron chi connectivity index (χ1n) is 8.01. The van der Waals surface area contributed by atoms with Crippen molar-refractivity contribution in [1.82, 2.24) is 4.31 Å². The molecule has 1 aromatic rings. The van der Waals surface area contributed by atoms with E-state index >= 15 is 0 Å². The summed E-state index contributed by atoms with van der Waals surface area (Å²) in [5, 5.41) is 0. The number of fused-ring (bicyclic) bond motifs is 1. The van der Waals surface area contributed by atoms with E-state index in [9.17, 15) is 13.2 Å². The van der Waals surface area contributed by atoms with Gasteiger partial charge in [-0.05, 0) is 44.2 Å². The molecule has 0 unspecified atom stereocenters. The third kappa shape index (κ3) is 2.72. The number of ketones is 1. The zero-order valence-electron chi connectivity index (χ0n) is 13.2. The lowest BCUT2D eigenvalue weighted by Crippen LogP contribution is -2.53. The maximum atomic E-state index is 13.0. The summed E-state index contributed by atoms with van der Waals surface area (Å²) >= 11 is 0. The Balaban J connectivity index is 1.95. The number of sulfonamides is 1. The molecule has 120 valence electrons. The molecule has 1 heterocycles. The van der Waals surface area contributed by atoms with Crippen LogP contribution in [-0.2, 0) is 14.8 Å². The van der Waals surface area contributed by atoms with Crippen LogP contribution in [0.5, 0.6) is 0 Å². The molecule has 0 spiro atoms. The van der Waals surface area contributed by atoms with Crippen molar-refractivity contribution in [1.29, 1.82) is 0 Å². The van der Waals surface area contributed by atoms with Gasteiger partial charge in [0.2, 0.25) is 10.0 Å². The molecule has 4 nitrogen and oxygen atoms in total. The lowest BCUT2D eigenvalue weighted by atomic mass is 9.74. The number of aryl methyl sites for hydroxylation is 1. The van der Waals surface area contributed by atoms with Crippen molar-refractivity contribution in [3.05, 3.63) is 29.8 Å². The molecule has 3 atom stereocenters. The first kappa shape index (κ1) is 15.7. The van der Waals surface area contributed by atoms with Crippen LogP contribution in [0.25, 0.3) is 0 Å². The maximum absolute atomic E-state index is 13.0. The van der Waals surface area contributed by atoms with Gasteiger partial charge in [0.15, 0.2) is 0 Å². The Bertz CT molecular complexity index is 666. The van der Waals surface area contributed by atoms with E-state index in [1.807, 2.05) is 26.0 Å². The van der Waals surface area contributed by atoms with Crippen LogP contribution in [0.3, 0.4) is 0 Å². The molecule has 0 amide bonds. The number of rotatable bonds is 2. The lowest BCUT2D eigenvalue weighted by Gasteiger charge is -2.43. The summed E-state index contributed by atoms with van der Waals surface area (Å²) in [5.41, 5.74) is 1.04. The highest BCUT2D eigenvalue weighted by atomic mass is 32.2. The van der Waals surface area contributed by atoms with Crippen LogP contribution in [0.4, 0.5) is 0 Å². The molecule has 3 rings (SSSR count). The molecule has 2 aliphatic rings. The van der Waals surface area contributed by atoms with E-state index in [2.05, 4.69) is 0 Å². The largest absolute Gasteiger partial charge is 0.299 e. The van der Waals surface area contributed by atoms with E-state index in [1.165, 1.54) is 0 Å². The molecule has 1 aliphatic carbocycles. The molecule has 22 heavy (non-hydrogen) atoms. The van der Waals surface area contributed by atoms with Crippen molar-refractivity contribution in [3.63, 3.8) is 0 Å². The SMILES string of the molecule is Cc1ccc(S(=O)(=O)N2CCC[C@@H]3C(=O)C[C@@H](C)C[C@@H]32)cc1. The predicted octanol–water partition coefficient (Wildman–Crippen LogP) is 2.76. The zero-order chi connectivity index (χ0) is 15.9. The zero-order valence-corrected chi connectivity index (χ0v) is 14.0. The highest BCUT2D eigenvalue weighted by Gasteiger charge is 2.45. The topological polar surface area (TPSA) is 54.5 Å². The average Bonchev–Trinajstić information content (AvgIpc) is 2.47. The minimum atomic E-state index is -3.51. The van der Waals surface area contributed by atoms with Crippen LogP contribution in [0.15, 0.2) is 29.2 Å². The normalized spacial score (nSPS) is 30.1. The van der Waals surface area contributed by atoms with E-state index in [0.29, 0.717) is 17.9 Å². The van der Waals surface area contributed by atoms with Gasteiger partial charge in [0.25, 0.3) is 0 Å². The minimum Gasteiger partial charge on any atom is -0.299 e. The Morgan fingerprint density at radius 2 is 1.86 bits per heavy atom. The van der Waals surface area contributed by atoms with Crippen molar-refractivity contribution in [3.8, 4) is 0 Å². The van der Waals surface area contributed by atoms with Crippen molar-refractivity contribution in [2.75, 3.05) is 6.54 Å². The highest BCUT2D eigenvalue weighted by molar-refractivity contribution is 7.89. The van der Waals surface area contributed by atoms with Crippen LogP contribution in [-0.4, -0.2) is 31.1 Å². The Labute approximate surface area is 132 Å². The van der Waals surface area contributed by atoms with Gasteiger partial charge in [-0.3, -0.25) is 4.79 Å². The summed E-state index contributed by atoms with van der Waals surface area (Å²) in [6.07, 6.45) is 2.99. The third-order valence-corrected chi connectivity index (χ3v) is 6.90. The fourth-order valence-corrected chi connectivity index (χ4v) is 5.53. The van der Waals surface area contributed by atoms with E-state index in [0.717, 1.165) is 24.8 Å². The van der Waals surface area contributed by atoms with Crippen LogP contribution in [0.2, 0.25) is 0 Å². The second-order valence-electron chi connectivity index (χ2n) is 6.76. The maximum Gasteiger partial charge on any atom is 0.243 e. The van der Waals surface area contributed by atoms with Gasteiger partial charge in [-0.1, -0.05) is 24.6 Å². The van der Waals surface area contributed by atoms with E-state index in [-0.39, 0.29) is 23.7 Å². The smallest absolute Gasteiger partial charge is 0.243 e. The number of carbonyl (C=O) groups is 1. The average molecular weight is 321 g/mol. The Kier molecular flexibility index (Phi) is 4.12. The molecule has 2 fully saturated rings. The Morgan fingerprint density at radius 1 is 1.18 bits per heavy atom. The molecule has 0 N–H and O–H groups in total. The van der Waals surface area contributed by atoms with Crippen LogP contribution in [0, 0.1) is 18.8 Å². The quantitative estimate of drug-likeness (QED) is 0.841. The van der Waals surface area contributed by atoms with Gasteiger partial charge >= 0.3 is 0 Å². The molecule has 0 bridgehead atoms. The van der Waals surface area contributed by atoms with Gasteiger partial charge in [-0.2, -0.15) is 4.31 Å². The summed E-state index contributed by atoms with van der Waals surface area (Å²) in [6.45, 7) is 4.51. The molecule has 0 radical (unpaired) electrons.